The van der Waals surface area contributed by atoms with E-state index < -0.39 is 18.1 Å². The second kappa shape index (κ2) is 8.67. The number of pyridine rings is 1. The largest absolute Gasteiger partial charge is 0.480 e. The second-order valence-electron chi connectivity index (χ2n) is 7.00. The van der Waals surface area contributed by atoms with E-state index in [1.54, 1.807) is 18.3 Å². The number of rotatable bonds is 6. The molecule has 152 valence electrons. The average molecular weight is 467 g/mol. The smallest absolute Gasteiger partial charge is 0.407 e. The summed E-state index contributed by atoms with van der Waals surface area (Å²) in [6.45, 7) is 0.124. The van der Waals surface area contributed by atoms with Gasteiger partial charge in [-0.05, 0) is 50.3 Å². The van der Waals surface area contributed by atoms with E-state index in [1.807, 2.05) is 36.4 Å². The van der Waals surface area contributed by atoms with Gasteiger partial charge in [-0.15, -0.1) is 0 Å². The molecule has 1 unspecified atom stereocenters. The number of carbonyl (C=O) groups excluding carboxylic acids is 1. The predicted octanol–water partition coefficient (Wildman–Crippen LogP) is 4.38. The normalized spacial score (nSPS) is 13.2. The Balaban J connectivity index is 1.44. The minimum Gasteiger partial charge on any atom is -0.480 e. The number of hydrogen-bond acceptors (Lipinski definition) is 4. The number of aromatic nitrogens is 1. The van der Waals surface area contributed by atoms with E-state index in [9.17, 15) is 14.7 Å². The monoisotopic (exact) mass is 466 g/mol. The first-order valence-corrected chi connectivity index (χ1v) is 10.3. The number of fused-ring (bicyclic) bond motifs is 3. The minimum absolute atomic E-state index is 0.0426. The molecule has 4 rings (SSSR count). The van der Waals surface area contributed by atoms with Crippen LogP contribution in [0.4, 0.5) is 4.79 Å². The van der Waals surface area contributed by atoms with Crippen LogP contribution in [0, 0.1) is 0 Å². The average Bonchev–Trinajstić information content (AvgIpc) is 3.07. The quantitative estimate of drug-likeness (QED) is 0.562. The van der Waals surface area contributed by atoms with E-state index in [1.165, 1.54) is 0 Å². The van der Waals surface area contributed by atoms with Crippen LogP contribution in [0.25, 0.3) is 11.1 Å². The van der Waals surface area contributed by atoms with Gasteiger partial charge in [0.2, 0.25) is 0 Å². The lowest BCUT2D eigenvalue weighted by Gasteiger charge is -2.17. The summed E-state index contributed by atoms with van der Waals surface area (Å²) < 4.78 is 6.13. The van der Waals surface area contributed by atoms with Crippen LogP contribution in [0.5, 0.6) is 0 Å². The summed E-state index contributed by atoms with van der Waals surface area (Å²) in [5, 5.41) is 11.9. The molecule has 7 heteroatoms. The minimum atomic E-state index is -1.15. The van der Waals surface area contributed by atoms with Crippen LogP contribution in [0.3, 0.4) is 0 Å². The second-order valence-corrected chi connectivity index (χ2v) is 7.85. The van der Waals surface area contributed by atoms with Crippen molar-refractivity contribution in [2.75, 3.05) is 6.61 Å². The number of nitrogens with zero attached hydrogens (tertiary/aromatic N) is 1. The lowest BCUT2D eigenvalue weighted by Crippen LogP contribution is -2.43. The molecular weight excluding hydrogens is 448 g/mol. The molecule has 1 amide bonds. The fraction of sp³-hybridized carbons (Fsp3) is 0.174. The molecule has 0 aliphatic heterocycles. The Hall–Kier alpha value is -3.19. The summed E-state index contributed by atoms with van der Waals surface area (Å²) in [5.74, 6) is -1.24. The van der Waals surface area contributed by atoms with Gasteiger partial charge in [0.15, 0.2) is 0 Å². The first-order valence-electron chi connectivity index (χ1n) is 9.48. The van der Waals surface area contributed by atoms with E-state index in [2.05, 4.69) is 38.4 Å². The van der Waals surface area contributed by atoms with Crippen LogP contribution in [0.1, 0.15) is 22.7 Å². The van der Waals surface area contributed by atoms with Gasteiger partial charge < -0.3 is 15.2 Å². The van der Waals surface area contributed by atoms with Crippen LogP contribution in [0.2, 0.25) is 0 Å². The SMILES string of the molecule is O=C(NC(Cc1ncccc1Br)C(=O)O)OCC1c2ccccc2-c2ccccc21. The van der Waals surface area contributed by atoms with E-state index >= 15 is 0 Å². The predicted molar refractivity (Wildman–Crippen MR) is 115 cm³/mol. The molecule has 2 N–H and O–H groups in total. The third kappa shape index (κ3) is 4.07. The lowest BCUT2D eigenvalue weighted by atomic mass is 9.98. The molecule has 6 nitrogen and oxygen atoms in total. The number of benzene rings is 2. The summed E-state index contributed by atoms with van der Waals surface area (Å²) in [6.07, 6.45) is 0.851. The topological polar surface area (TPSA) is 88.5 Å². The van der Waals surface area contributed by atoms with Crippen molar-refractivity contribution >= 4 is 28.0 Å². The Kier molecular flexibility index (Phi) is 5.81. The highest BCUT2D eigenvalue weighted by atomic mass is 79.9. The van der Waals surface area contributed by atoms with Gasteiger partial charge in [-0.2, -0.15) is 0 Å². The Morgan fingerprint density at radius 1 is 1.03 bits per heavy atom. The van der Waals surface area contributed by atoms with Gasteiger partial charge in [0.05, 0.1) is 5.69 Å². The molecule has 3 aromatic rings. The molecule has 1 atom stereocenters. The number of aliphatic carboxylic acids is 1. The molecular formula is C23H19BrN2O4. The van der Waals surface area contributed by atoms with Gasteiger partial charge in [-0.1, -0.05) is 48.5 Å². The van der Waals surface area contributed by atoms with Crippen molar-refractivity contribution in [1.29, 1.82) is 0 Å². The zero-order chi connectivity index (χ0) is 21.1. The fourth-order valence-electron chi connectivity index (χ4n) is 3.74. The number of carboxylic acid groups (broad SMARTS) is 1. The fourth-order valence-corrected chi connectivity index (χ4v) is 4.16. The van der Waals surface area contributed by atoms with Crippen molar-refractivity contribution in [3.8, 4) is 11.1 Å². The molecule has 1 aliphatic rings. The summed E-state index contributed by atoms with van der Waals surface area (Å²) in [4.78, 5) is 28.2. The Morgan fingerprint density at radius 2 is 1.67 bits per heavy atom. The van der Waals surface area contributed by atoms with Crippen LogP contribution in [-0.2, 0) is 16.0 Å². The van der Waals surface area contributed by atoms with Crippen LogP contribution in [-0.4, -0.2) is 34.8 Å². The van der Waals surface area contributed by atoms with Gasteiger partial charge in [-0.25, -0.2) is 9.59 Å². The van der Waals surface area contributed by atoms with Crippen molar-refractivity contribution in [2.24, 2.45) is 0 Å². The molecule has 1 aliphatic carbocycles. The highest BCUT2D eigenvalue weighted by molar-refractivity contribution is 9.10. The maximum absolute atomic E-state index is 12.4. The third-order valence-corrected chi connectivity index (χ3v) is 5.89. The molecule has 0 bridgehead atoms. The molecule has 1 heterocycles. The van der Waals surface area contributed by atoms with Gasteiger partial charge in [0.1, 0.15) is 12.6 Å². The summed E-state index contributed by atoms with van der Waals surface area (Å²) in [5.41, 5.74) is 5.00. The number of amides is 1. The first kappa shape index (κ1) is 20.1. The van der Waals surface area contributed by atoms with E-state index in [4.69, 9.17) is 4.74 Å². The number of halogens is 1. The van der Waals surface area contributed by atoms with Crippen molar-refractivity contribution < 1.29 is 19.4 Å². The van der Waals surface area contributed by atoms with Gasteiger partial charge in [0, 0.05) is 23.0 Å². The number of carbonyl (C=O) groups is 2. The number of carboxylic acids is 1. The van der Waals surface area contributed by atoms with Crippen molar-refractivity contribution in [3.63, 3.8) is 0 Å². The van der Waals surface area contributed by atoms with E-state index in [0.29, 0.717) is 10.2 Å². The van der Waals surface area contributed by atoms with Crippen LogP contribution in [0.15, 0.2) is 71.3 Å². The standard InChI is InChI=1S/C23H19BrN2O4/c24-19-10-5-11-25-20(19)12-21(22(27)28)26-23(29)30-13-18-16-8-3-1-6-14(16)15-7-2-4-9-17(15)18/h1-11,18,21H,12-13H2,(H,26,29)(H,27,28). The lowest BCUT2D eigenvalue weighted by molar-refractivity contribution is -0.139. The van der Waals surface area contributed by atoms with Gasteiger partial charge in [-0.3, -0.25) is 4.98 Å². The summed E-state index contributed by atoms with van der Waals surface area (Å²) >= 11 is 3.35. The van der Waals surface area contributed by atoms with Gasteiger partial charge in [0.25, 0.3) is 0 Å². The van der Waals surface area contributed by atoms with E-state index in [0.717, 1.165) is 22.3 Å². The van der Waals surface area contributed by atoms with Crippen LogP contribution < -0.4 is 5.32 Å². The molecule has 0 saturated heterocycles. The van der Waals surface area contributed by atoms with Crippen molar-refractivity contribution in [2.45, 2.75) is 18.4 Å². The van der Waals surface area contributed by atoms with E-state index in [-0.39, 0.29) is 18.9 Å². The molecule has 2 aromatic carbocycles. The summed E-state index contributed by atoms with van der Waals surface area (Å²) in [7, 11) is 0. The molecule has 0 radical (unpaired) electrons. The maximum Gasteiger partial charge on any atom is 0.407 e. The Morgan fingerprint density at radius 3 is 2.27 bits per heavy atom. The number of hydrogen-bond donors (Lipinski definition) is 2. The number of nitrogens with one attached hydrogen (secondary N) is 1. The Bertz CT molecular complexity index is 1060. The van der Waals surface area contributed by atoms with Crippen molar-refractivity contribution in [3.05, 3.63) is 88.2 Å². The molecule has 30 heavy (non-hydrogen) atoms. The summed E-state index contributed by atoms with van der Waals surface area (Å²) in [6, 6.07) is 18.4. The van der Waals surface area contributed by atoms with Gasteiger partial charge >= 0.3 is 12.1 Å². The Labute approximate surface area is 182 Å². The highest BCUT2D eigenvalue weighted by Crippen LogP contribution is 2.44. The molecule has 1 aromatic heterocycles. The maximum atomic E-state index is 12.4. The number of alkyl carbamates (subject to hydrolysis) is 1. The molecule has 0 fully saturated rings. The third-order valence-electron chi connectivity index (χ3n) is 5.17. The first-order chi connectivity index (χ1) is 14.5. The highest BCUT2D eigenvalue weighted by Gasteiger charge is 2.30. The zero-order valence-electron chi connectivity index (χ0n) is 15.9. The number of ether oxygens (including phenoxy) is 1. The zero-order valence-corrected chi connectivity index (χ0v) is 17.5. The van der Waals surface area contributed by atoms with Crippen molar-refractivity contribution in [1.82, 2.24) is 10.3 Å². The molecule has 0 spiro atoms. The molecule has 0 saturated carbocycles. The van der Waals surface area contributed by atoms with Crippen LogP contribution >= 0.6 is 15.9 Å².